The van der Waals surface area contributed by atoms with Gasteiger partial charge in [-0.2, -0.15) is 5.26 Å². The SMILES string of the molecule is CCN(CC1COc2ccccc2O1)C(=O)C=Cc1ccc(OCC#N)cc1. The zero-order valence-corrected chi connectivity index (χ0v) is 15.7. The second kappa shape index (κ2) is 9.47. The minimum Gasteiger partial charge on any atom is -0.486 e. The van der Waals surface area contributed by atoms with Crippen LogP contribution in [0.1, 0.15) is 12.5 Å². The quantitative estimate of drug-likeness (QED) is 0.692. The first kappa shape index (κ1) is 19.3. The van der Waals surface area contributed by atoms with Crippen molar-refractivity contribution in [3.8, 4) is 23.3 Å². The fourth-order valence-electron chi connectivity index (χ4n) is 2.84. The van der Waals surface area contributed by atoms with E-state index in [0.717, 1.165) is 11.3 Å². The first-order valence-corrected chi connectivity index (χ1v) is 9.15. The first-order chi connectivity index (χ1) is 13.7. The number of ether oxygens (including phenoxy) is 3. The van der Waals surface area contributed by atoms with Crippen LogP contribution in [0.15, 0.2) is 54.6 Å². The number of para-hydroxylation sites is 2. The smallest absolute Gasteiger partial charge is 0.246 e. The fourth-order valence-corrected chi connectivity index (χ4v) is 2.84. The van der Waals surface area contributed by atoms with Crippen LogP contribution in [0.25, 0.3) is 6.08 Å². The van der Waals surface area contributed by atoms with E-state index in [4.69, 9.17) is 19.5 Å². The van der Waals surface area contributed by atoms with E-state index < -0.39 is 0 Å². The molecule has 3 rings (SSSR count). The number of nitrogens with zero attached hydrogens (tertiary/aromatic N) is 2. The Morgan fingerprint density at radius 3 is 2.71 bits per heavy atom. The van der Waals surface area contributed by atoms with Gasteiger partial charge in [-0.3, -0.25) is 4.79 Å². The molecule has 2 aromatic rings. The Balaban J connectivity index is 1.56. The van der Waals surface area contributed by atoms with Crippen LogP contribution in [-0.2, 0) is 4.79 Å². The van der Waals surface area contributed by atoms with Crippen LogP contribution >= 0.6 is 0 Å². The Hall–Kier alpha value is -3.46. The number of benzene rings is 2. The fraction of sp³-hybridized carbons (Fsp3) is 0.273. The van der Waals surface area contributed by atoms with Crippen molar-refractivity contribution >= 4 is 12.0 Å². The normalized spacial score (nSPS) is 15.1. The molecule has 0 aliphatic carbocycles. The van der Waals surface area contributed by atoms with Gasteiger partial charge < -0.3 is 19.1 Å². The maximum Gasteiger partial charge on any atom is 0.246 e. The molecule has 28 heavy (non-hydrogen) atoms. The molecule has 0 spiro atoms. The molecule has 0 saturated carbocycles. The molecule has 0 N–H and O–H groups in total. The maximum absolute atomic E-state index is 12.6. The molecule has 6 nitrogen and oxygen atoms in total. The van der Waals surface area contributed by atoms with Crippen LogP contribution in [0.2, 0.25) is 0 Å². The molecule has 0 fully saturated rings. The highest BCUT2D eigenvalue weighted by atomic mass is 16.6. The average Bonchev–Trinajstić information content (AvgIpc) is 2.75. The summed E-state index contributed by atoms with van der Waals surface area (Å²) >= 11 is 0. The van der Waals surface area contributed by atoms with Crippen LogP contribution in [-0.4, -0.2) is 43.2 Å². The molecule has 1 aliphatic heterocycles. The zero-order chi connectivity index (χ0) is 19.8. The number of nitriles is 1. The second-order valence-electron chi connectivity index (χ2n) is 6.22. The van der Waals surface area contributed by atoms with Crippen molar-refractivity contribution in [3.05, 3.63) is 60.2 Å². The number of carbonyl (C=O) groups is 1. The van der Waals surface area contributed by atoms with Crippen molar-refractivity contribution in [2.75, 3.05) is 26.3 Å². The maximum atomic E-state index is 12.6. The third-order valence-electron chi connectivity index (χ3n) is 4.29. The van der Waals surface area contributed by atoms with E-state index >= 15 is 0 Å². The van der Waals surface area contributed by atoms with Crippen molar-refractivity contribution in [2.45, 2.75) is 13.0 Å². The topological polar surface area (TPSA) is 71.8 Å². The van der Waals surface area contributed by atoms with Gasteiger partial charge in [0, 0.05) is 12.6 Å². The molecular weight excluding hydrogens is 356 g/mol. The van der Waals surface area contributed by atoms with Crippen LogP contribution in [0.5, 0.6) is 17.2 Å². The van der Waals surface area contributed by atoms with E-state index in [9.17, 15) is 4.79 Å². The lowest BCUT2D eigenvalue weighted by atomic mass is 10.2. The molecule has 1 amide bonds. The molecule has 0 radical (unpaired) electrons. The number of fused-ring (bicyclic) bond motifs is 1. The van der Waals surface area contributed by atoms with E-state index in [2.05, 4.69) is 0 Å². The van der Waals surface area contributed by atoms with Gasteiger partial charge in [-0.15, -0.1) is 0 Å². The summed E-state index contributed by atoms with van der Waals surface area (Å²) in [7, 11) is 0. The van der Waals surface area contributed by atoms with Crippen molar-refractivity contribution in [2.24, 2.45) is 0 Å². The van der Waals surface area contributed by atoms with Gasteiger partial charge in [-0.05, 0) is 42.8 Å². The Morgan fingerprint density at radius 1 is 1.25 bits per heavy atom. The van der Waals surface area contributed by atoms with Gasteiger partial charge in [0.2, 0.25) is 5.91 Å². The van der Waals surface area contributed by atoms with Crippen LogP contribution in [0.3, 0.4) is 0 Å². The van der Waals surface area contributed by atoms with Crippen molar-refractivity contribution in [1.82, 2.24) is 4.90 Å². The van der Waals surface area contributed by atoms with Crippen molar-refractivity contribution < 1.29 is 19.0 Å². The summed E-state index contributed by atoms with van der Waals surface area (Å²) < 4.78 is 16.9. The zero-order valence-electron chi connectivity index (χ0n) is 15.7. The van der Waals surface area contributed by atoms with Gasteiger partial charge in [0.05, 0.1) is 6.54 Å². The molecule has 144 valence electrons. The highest BCUT2D eigenvalue weighted by molar-refractivity contribution is 5.91. The summed E-state index contributed by atoms with van der Waals surface area (Å²) in [5.41, 5.74) is 0.875. The summed E-state index contributed by atoms with van der Waals surface area (Å²) in [4.78, 5) is 14.3. The number of amides is 1. The van der Waals surface area contributed by atoms with Gasteiger partial charge in [0.25, 0.3) is 0 Å². The number of likely N-dealkylation sites (N-methyl/N-ethyl adjacent to an activating group) is 1. The molecule has 1 aliphatic rings. The molecule has 1 unspecified atom stereocenters. The molecule has 0 aromatic heterocycles. The summed E-state index contributed by atoms with van der Waals surface area (Å²) in [5, 5.41) is 8.52. The van der Waals surface area contributed by atoms with Gasteiger partial charge >= 0.3 is 0 Å². The number of rotatable bonds is 7. The van der Waals surface area contributed by atoms with E-state index in [-0.39, 0.29) is 18.6 Å². The number of hydrogen-bond donors (Lipinski definition) is 0. The highest BCUT2D eigenvalue weighted by Gasteiger charge is 2.23. The minimum absolute atomic E-state index is 0.0105. The second-order valence-corrected chi connectivity index (χ2v) is 6.22. The minimum atomic E-state index is -0.205. The molecule has 1 heterocycles. The van der Waals surface area contributed by atoms with Gasteiger partial charge in [0.1, 0.15) is 18.4 Å². The highest BCUT2D eigenvalue weighted by Crippen LogP contribution is 2.31. The van der Waals surface area contributed by atoms with Gasteiger partial charge in [0.15, 0.2) is 24.2 Å². The monoisotopic (exact) mass is 378 g/mol. The van der Waals surface area contributed by atoms with Crippen molar-refractivity contribution in [1.29, 1.82) is 5.26 Å². The Bertz CT molecular complexity index is 871. The van der Waals surface area contributed by atoms with E-state index in [0.29, 0.717) is 31.2 Å². The molecule has 6 heteroatoms. The van der Waals surface area contributed by atoms with Gasteiger partial charge in [-0.25, -0.2) is 0 Å². The van der Waals surface area contributed by atoms with Crippen LogP contribution in [0, 0.1) is 11.3 Å². The van der Waals surface area contributed by atoms with E-state index in [1.54, 1.807) is 29.2 Å². The van der Waals surface area contributed by atoms with Gasteiger partial charge in [-0.1, -0.05) is 24.3 Å². The molecule has 0 bridgehead atoms. The predicted octanol–water partition coefficient (Wildman–Crippen LogP) is 3.29. The van der Waals surface area contributed by atoms with E-state index in [1.807, 2.05) is 49.4 Å². The Kier molecular flexibility index (Phi) is 6.53. The summed E-state index contributed by atoms with van der Waals surface area (Å²) in [6.07, 6.45) is 3.10. The summed E-state index contributed by atoms with van der Waals surface area (Å²) in [6, 6.07) is 16.7. The van der Waals surface area contributed by atoms with Crippen LogP contribution in [0.4, 0.5) is 0 Å². The predicted molar refractivity (Wildman–Crippen MR) is 105 cm³/mol. The Labute approximate surface area is 164 Å². The molecule has 1 atom stereocenters. The van der Waals surface area contributed by atoms with Crippen molar-refractivity contribution in [3.63, 3.8) is 0 Å². The third kappa shape index (κ3) is 5.04. The molecular formula is C22H22N2O4. The lowest BCUT2D eigenvalue weighted by Crippen LogP contribution is -2.43. The summed E-state index contributed by atoms with van der Waals surface area (Å²) in [5.74, 6) is 1.97. The Morgan fingerprint density at radius 2 is 2.00 bits per heavy atom. The summed E-state index contributed by atoms with van der Waals surface area (Å²) in [6.45, 7) is 3.39. The molecule has 2 aromatic carbocycles. The third-order valence-corrected chi connectivity index (χ3v) is 4.29. The largest absolute Gasteiger partial charge is 0.486 e. The number of hydrogen-bond acceptors (Lipinski definition) is 5. The number of carbonyl (C=O) groups excluding carboxylic acids is 1. The lowest BCUT2D eigenvalue weighted by molar-refractivity contribution is -0.127. The average molecular weight is 378 g/mol. The first-order valence-electron chi connectivity index (χ1n) is 9.15. The molecule has 0 saturated heterocycles. The van der Waals surface area contributed by atoms with E-state index in [1.165, 1.54) is 0 Å². The standard InChI is InChI=1S/C22H22N2O4/c1-2-24(15-19-16-27-20-5-3-4-6-21(20)28-19)22(25)12-9-17-7-10-18(11-8-17)26-14-13-23/h3-12,19H,2,14-16H2,1H3. The van der Waals surface area contributed by atoms with Crippen LogP contribution < -0.4 is 14.2 Å². The lowest BCUT2D eigenvalue weighted by Gasteiger charge is -2.30.